The number of amides is 3. The van der Waals surface area contributed by atoms with Gasteiger partial charge >= 0.3 is 6.03 Å². The first-order valence-electron chi connectivity index (χ1n) is 9.18. The van der Waals surface area contributed by atoms with Crippen LogP contribution in [0.2, 0.25) is 5.02 Å². The summed E-state index contributed by atoms with van der Waals surface area (Å²) in [4.78, 5) is 24.0. The van der Waals surface area contributed by atoms with Gasteiger partial charge in [0.05, 0.1) is 12.8 Å². The maximum absolute atomic E-state index is 12.1. The van der Waals surface area contributed by atoms with Crippen LogP contribution in [0, 0.1) is 6.92 Å². The number of nitrogens with one attached hydrogen (secondary N) is 3. The van der Waals surface area contributed by atoms with E-state index in [9.17, 15) is 9.59 Å². The van der Waals surface area contributed by atoms with Crippen molar-refractivity contribution in [2.24, 2.45) is 0 Å². The zero-order valence-electron chi connectivity index (χ0n) is 15.5. The molecule has 0 saturated heterocycles. The van der Waals surface area contributed by atoms with Crippen molar-refractivity contribution in [2.45, 2.75) is 57.9 Å². The highest BCUT2D eigenvalue weighted by Gasteiger charge is 2.15. The van der Waals surface area contributed by atoms with Gasteiger partial charge in [-0.1, -0.05) is 30.9 Å². The summed E-state index contributed by atoms with van der Waals surface area (Å²) in [6.45, 7) is 2.33. The fourth-order valence-electron chi connectivity index (χ4n) is 3.08. The van der Waals surface area contributed by atoms with E-state index in [1.165, 1.54) is 26.4 Å². The summed E-state index contributed by atoms with van der Waals surface area (Å²) < 4.78 is 5.25. The first kappa shape index (κ1) is 20.4. The predicted octanol–water partition coefficient (Wildman–Crippen LogP) is 4.01. The number of ether oxygens (including phenoxy) is 1. The molecule has 1 aliphatic rings. The SMILES string of the molecule is COc1cc(Cl)c(C)cc1NC(=O)CCCNC(=O)NC1CCCCC1. The van der Waals surface area contributed by atoms with E-state index in [-0.39, 0.29) is 18.0 Å². The molecule has 26 heavy (non-hydrogen) atoms. The van der Waals surface area contributed by atoms with Gasteiger partial charge in [-0.05, 0) is 37.8 Å². The Hall–Kier alpha value is -1.95. The van der Waals surface area contributed by atoms with Gasteiger partial charge in [-0.15, -0.1) is 0 Å². The lowest BCUT2D eigenvalue weighted by molar-refractivity contribution is -0.116. The third kappa shape index (κ3) is 6.41. The molecule has 1 aromatic carbocycles. The molecule has 0 aromatic heterocycles. The summed E-state index contributed by atoms with van der Waals surface area (Å²) in [6, 6.07) is 3.61. The van der Waals surface area contributed by atoms with Crippen molar-refractivity contribution in [3.63, 3.8) is 0 Å². The summed E-state index contributed by atoms with van der Waals surface area (Å²) >= 11 is 6.06. The van der Waals surface area contributed by atoms with Crippen LogP contribution in [0.25, 0.3) is 0 Å². The van der Waals surface area contributed by atoms with E-state index in [0.29, 0.717) is 35.8 Å². The minimum absolute atomic E-state index is 0.125. The maximum Gasteiger partial charge on any atom is 0.315 e. The van der Waals surface area contributed by atoms with Crippen LogP contribution < -0.4 is 20.7 Å². The van der Waals surface area contributed by atoms with Crippen molar-refractivity contribution in [1.29, 1.82) is 0 Å². The molecule has 7 heteroatoms. The van der Waals surface area contributed by atoms with E-state index in [1.807, 2.05) is 6.92 Å². The number of anilines is 1. The minimum Gasteiger partial charge on any atom is -0.495 e. The smallest absolute Gasteiger partial charge is 0.315 e. The molecular formula is C19H28ClN3O3. The van der Waals surface area contributed by atoms with Crippen LogP contribution in [-0.2, 0) is 4.79 Å². The second-order valence-electron chi connectivity index (χ2n) is 6.69. The van der Waals surface area contributed by atoms with Gasteiger partial charge in [-0.25, -0.2) is 4.79 Å². The van der Waals surface area contributed by atoms with E-state index in [0.717, 1.165) is 18.4 Å². The summed E-state index contributed by atoms with van der Waals surface area (Å²) in [7, 11) is 1.53. The molecule has 2 rings (SSSR count). The molecule has 3 amide bonds. The number of rotatable bonds is 7. The summed E-state index contributed by atoms with van der Waals surface area (Å²) in [6.07, 6.45) is 6.61. The van der Waals surface area contributed by atoms with Crippen LogP contribution in [0.5, 0.6) is 5.75 Å². The average Bonchev–Trinajstić information content (AvgIpc) is 2.62. The number of carbonyl (C=O) groups excluding carboxylic acids is 2. The number of methoxy groups -OCH3 is 1. The fraction of sp³-hybridized carbons (Fsp3) is 0.579. The second kappa shape index (κ2) is 10.3. The van der Waals surface area contributed by atoms with Crippen molar-refractivity contribution in [3.8, 4) is 5.75 Å². The highest BCUT2D eigenvalue weighted by Crippen LogP contribution is 2.31. The quantitative estimate of drug-likeness (QED) is 0.624. The van der Waals surface area contributed by atoms with Gasteiger partial charge in [0.25, 0.3) is 0 Å². The molecule has 0 spiro atoms. The molecule has 6 nitrogen and oxygen atoms in total. The molecule has 3 N–H and O–H groups in total. The zero-order valence-corrected chi connectivity index (χ0v) is 16.2. The van der Waals surface area contributed by atoms with Gasteiger partial charge in [0.2, 0.25) is 5.91 Å². The third-order valence-corrected chi connectivity index (χ3v) is 4.97. The Labute approximate surface area is 160 Å². The molecular weight excluding hydrogens is 354 g/mol. The second-order valence-corrected chi connectivity index (χ2v) is 7.10. The van der Waals surface area contributed by atoms with Crippen LogP contribution in [0.1, 0.15) is 50.5 Å². The Morgan fingerprint density at radius 1 is 1.23 bits per heavy atom. The first-order valence-corrected chi connectivity index (χ1v) is 9.55. The normalized spacial score (nSPS) is 14.6. The molecule has 1 fully saturated rings. The standard InChI is InChI=1S/C19H28ClN3O3/c1-13-11-16(17(26-2)12-15(13)20)23-18(24)9-6-10-21-19(25)22-14-7-4-3-5-8-14/h11-12,14H,3-10H2,1-2H3,(H,23,24)(H2,21,22,25). The highest BCUT2D eigenvalue weighted by molar-refractivity contribution is 6.31. The average molecular weight is 382 g/mol. The molecule has 0 bridgehead atoms. The number of hydrogen-bond acceptors (Lipinski definition) is 3. The Bertz CT molecular complexity index is 631. The van der Waals surface area contributed by atoms with Crippen molar-refractivity contribution in [3.05, 3.63) is 22.7 Å². The monoisotopic (exact) mass is 381 g/mol. The minimum atomic E-state index is -0.146. The number of carbonyl (C=O) groups is 2. The summed E-state index contributed by atoms with van der Waals surface area (Å²) in [5, 5.41) is 9.23. The lowest BCUT2D eigenvalue weighted by atomic mass is 9.96. The molecule has 1 saturated carbocycles. The molecule has 0 radical (unpaired) electrons. The topological polar surface area (TPSA) is 79.5 Å². The third-order valence-electron chi connectivity index (χ3n) is 4.56. The van der Waals surface area contributed by atoms with E-state index in [4.69, 9.17) is 16.3 Å². The van der Waals surface area contributed by atoms with Gasteiger partial charge in [0.15, 0.2) is 0 Å². The van der Waals surface area contributed by atoms with E-state index >= 15 is 0 Å². The van der Waals surface area contributed by atoms with Crippen LogP contribution in [0.3, 0.4) is 0 Å². The van der Waals surface area contributed by atoms with Crippen LogP contribution in [0.15, 0.2) is 12.1 Å². The van der Waals surface area contributed by atoms with Gasteiger partial charge in [0, 0.05) is 30.1 Å². The van der Waals surface area contributed by atoms with Crippen molar-refractivity contribution >= 4 is 29.2 Å². The molecule has 0 heterocycles. The van der Waals surface area contributed by atoms with Crippen LogP contribution >= 0.6 is 11.6 Å². The number of aryl methyl sites for hydroxylation is 1. The predicted molar refractivity (Wildman–Crippen MR) is 104 cm³/mol. The lowest BCUT2D eigenvalue weighted by Crippen LogP contribution is -2.43. The van der Waals surface area contributed by atoms with E-state index in [1.54, 1.807) is 12.1 Å². The molecule has 1 aromatic rings. The van der Waals surface area contributed by atoms with Crippen LogP contribution in [-0.4, -0.2) is 31.6 Å². The fourth-order valence-corrected chi connectivity index (χ4v) is 3.23. The van der Waals surface area contributed by atoms with Gasteiger partial charge in [-0.3, -0.25) is 4.79 Å². The van der Waals surface area contributed by atoms with Gasteiger partial charge in [-0.2, -0.15) is 0 Å². The van der Waals surface area contributed by atoms with E-state index in [2.05, 4.69) is 16.0 Å². The Kier molecular flexibility index (Phi) is 8.04. The molecule has 0 atom stereocenters. The molecule has 0 unspecified atom stereocenters. The zero-order chi connectivity index (χ0) is 18.9. The van der Waals surface area contributed by atoms with Gasteiger partial charge in [0.1, 0.15) is 5.75 Å². The summed E-state index contributed by atoms with van der Waals surface area (Å²) in [5.74, 6) is 0.401. The first-order chi connectivity index (χ1) is 12.5. The van der Waals surface area contributed by atoms with Gasteiger partial charge < -0.3 is 20.7 Å². The number of urea groups is 1. The maximum atomic E-state index is 12.1. The molecule has 1 aliphatic carbocycles. The summed E-state index contributed by atoms with van der Waals surface area (Å²) in [5.41, 5.74) is 1.46. The number of benzene rings is 1. The van der Waals surface area contributed by atoms with E-state index < -0.39 is 0 Å². The number of hydrogen-bond donors (Lipinski definition) is 3. The van der Waals surface area contributed by atoms with Crippen molar-refractivity contribution in [2.75, 3.05) is 19.0 Å². The Morgan fingerprint density at radius 2 is 1.96 bits per heavy atom. The number of halogens is 1. The largest absolute Gasteiger partial charge is 0.495 e. The van der Waals surface area contributed by atoms with Crippen LogP contribution in [0.4, 0.5) is 10.5 Å². The highest BCUT2D eigenvalue weighted by atomic mass is 35.5. The molecule has 144 valence electrons. The van der Waals surface area contributed by atoms with Crippen molar-refractivity contribution < 1.29 is 14.3 Å². The Morgan fingerprint density at radius 3 is 2.65 bits per heavy atom. The van der Waals surface area contributed by atoms with Crippen molar-refractivity contribution in [1.82, 2.24) is 10.6 Å². The Balaban J connectivity index is 1.69. The molecule has 0 aliphatic heterocycles. The lowest BCUT2D eigenvalue weighted by Gasteiger charge is -2.22.